The molecule has 6 nitrogen and oxygen atoms in total. The first kappa shape index (κ1) is 17.0. The third kappa shape index (κ3) is 3.49. The zero-order valence-corrected chi connectivity index (χ0v) is 14.0. The van der Waals surface area contributed by atoms with Gasteiger partial charge in [0.25, 0.3) is 0 Å². The van der Waals surface area contributed by atoms with Crippen LogP contribution in [-0.4, -0.2) is 41.1 Å². The molecule has 0 aliphatic heterocycles. The van der Waals surface area contributed by atoms with Crippen molar-refractivity contribution < 1.29 is 13.2 Å². The molecule has 0 aliphatic carbocycles. The van der Waals surface area contributed by atoms with Crippen LogP contribution in [0.15, 0.2) is 30.6 Å². The van der Waals surface area contributed by atoms with Crippen LogP contribution in [0.1, 0.15) is 11.4 Å². The van der Waals surface area contributed by atoms with Gasteiger partial charge in [-0.3, -0.25) is 0 Å². The zero-order valence-electron chi connectivity index (χ0n) is 14.0. The Morgan fingerprint density at radius 3 is 2.56 bits per heavy atom. The predicted molar refractivity (Wildman–Crippen MR) is 89.6 cm³/mol. The van der Waals surface area contributed by atoms with Crippen LogP contribution in [0.4, 0.5) is 24.7 Å². The summed E-state index contributed by atoms with van der Waals surface area (Å²) in [4.78, 5) is 17.4. The first-order chi connectivity index (χ1) is 11.8. The average Bonchev–Trinajstić information content (AvgIpc) is 3.01. The number of fused-ring (bicyclic) bond motifs is 1. The highest BCUT2D eigenvalue weighted by atomic mass is 19.4. The largest absolute Gasteiger partial charge is 0.451 e. The van der Waals surface area contributed by atoms with Crippen molar-refractivity contribution in [3.05, 3.63) is 42.0 Å². The van der Waals surface area contributed by atoms with Crippen LogP contribution in [-0.2, 0) is 12.7 Å². The summed E-state index contributed by atoms with van der Waals surface area (Å²) in [6.07, 6.45) is -3.32. The molecular weight excluding hydrogens is 333 g/mol. The molecule has 0 saturated heterocycles. The van der Waals surface area contributed by atoms with Crippen LogP contribution >= 0.6 is 0 Å². The first-order valence-electron chi connectivity index (χ1n) is 7.51. The molecule has 132 valence electrons. The van der Waals surface area contributed by atoms with E-state index < -0.39 is 12.0 Å². The van der Waals surface area contributed by atoms with Crippen molar-refractivity contribution in [2.45, 2.75) is 12.7 Å². The molecule has 3 aromatic rings. The Hall–Kier alpha value is -2.84. The number of anilines is 2. The Balaban J connectivity index is 1.98. The second kappa shape index (κ2) is 6.23. The topological polar surface area (TPSA) is 60.9 Å². The molecule has 2 aromatic heterocycles. The quantitative estimate of drug-likeness (QED) is 0.784. The molecule has 9 heteroatoms. The van der Waals surface area contributed by atoms with Gasteiger partial charge >= 0.3 is 6.18 Å². The highest BCUT2D eigenvalue weighted by molar-refractivity contribution is 5.83. The van der Waals surface area contributed by atoms with Crippen LogP contribution in [0.2, 0.25) is 0 Å². The summed E-state index contributed by atoms with van der Waals surface area (Å²) >= 11 is 0. The van der Waals surface area contributed by atoms with Crippen molar-refractivity contribution in [3.8, 4) is 0 Å². The number of aromatic nitrogens is 4. The number of H-pyrrole nitrogens is 1. The molecule has 2 heterocycles. The Bertz CT molecular complexity index is 887. The van der Waals surface area contributed by atoms with Crippen LogP contribution in [0.3, 0.4) is 0 Å². The van der Waals surface area contributed by atoms with E-state index in [2.05, 4.69) is 19.9 Å². The van der Waals surface area contributed by atoms with Crippen LogP contribution in [0, 0.1) is 0 Å². The number of nitrogens with zero attached hydrogens (tertiary/aromatic N) is 5. The van der Waals surface area contributed by atoms with E-state index in [1.807, 2.05) is 43.3 Å². The second-order valence-corrected chi connectivity index (χ2v) is 5.89. The van der Waals surface area contributed by atoms with E-state index in [1.54, 1.807) is 11.9 Å². The molecule has 0 bridgehead atoms. The summed E-state index contributed by atoms with van der Waals surface area (Å²) in [6, 6.07) is 7.76. The van der Waals surface area contributed by atoms with Gasteiger partial charge in [-0.1, -0.05) is 12.1 Å². The monoisotopic (exact) mass is 350 g/mol. The van der Waals surface area contributed by atoms with Crippen molar-refractivity contribution in [1.82, 2.24) is 19.9 Å². The number of rotatable bonds is 4. The lowest BCUT2D eigenvalue weighted by Gasteiger charge is -2.21. The van der Waals surface area contributed by atoms with Gasteiger partial charge < -0.3 is 14.8 Å². The molecule has 0 spiro atoms. The van der Waals surface area contributed by atoms with E-state index in [-0.39, 0.29) is 11.5 Å². The Labute approximate surface area is 142 Å². The molecule has 3 rings (SSSR count). The number of imidazole rings is 1. The molecule has 25 heavy (non-hydrogen) atoms. The Kier molecular flexibility index (Phi) is 4.23. The lowest BCUT2D eigenvalue weighted by molar-refractivity contribution is -0.144. The molecule has 0 radical (unpaired) electrons. The molecule has 0 atom stereocenters. The molecule has 0 unspecified atom stereocenters. The molecule has 1 N–H and O–H groups in total. The standard InChI is InChI=1S/C16H17F3N6/c1-24(2)11-6-4-5-10(7-11)8-25(3)14-12-13(21-9-20-12)22-15(23-14)16(17,18)19/h4-7,9H,8H2,1-3H3,(H,20,21,22,23). The molecule has 0 fully saturated rings. The average molecular weight is 350 g/mol. The number of hydrogen-bond acceptors (Lipinski definition) is 5. The van der Waals surface area contributed by atoms with Gasteiger partial charge in [0, 0.05) is 33.4 Å². The van der Waals surface area contributed by atoms with Crippen LogP contribution < -0.4 is 9.80 Å². The maximum atomic E-state index is 13.0. The maximum Gasteiger partial charge on any atom is 0.451 e. The highest BCUT2D eigenvalue weighted by Crippen LogP contribution is 2.30. The summed E-state index contributed by atoms with van der Waals surface area (Å²) < 4.78 is 39.1. The van der Waals surface area contributed by atoms with E-state index in [1.165, 1.54) is 6.33 Å². The minimum atomic E-state index is -4.63. The van der Waals surface area contributed by atoms with Gasteiger partial charge in [-0.2, -0.15) is 13.2 Å². The summed E-state index contributed by atoms with van der Waals surface area (Å²) in [5.74, 6) is -1.04. The van der Waals surface area contributed by atoms with Crippen molar-refractivity contribution in [2.75, 3.05) is 30.9 Å². The van der Waals surface area contributed by atoms with Gasteiger partial charge in [-0.25, -0.2) is 15.0 Å². The SMILES string of the molecule is CN(C)c1cccc(CN(C)c2nc(C(F)(F)F)nc3nc[nH]c23)c1. The number of alkyl halides is 3. The summed E-state index contributed by atoms with van der Waals surface area (Å²) in [5, 5.41) is 0. The molecule has 0 amide bonds. The zero-order chi connectivity index (χ0) is 18.2. The lowest BCUT2D eigenvalue weighted by Crippen LogP contribution is -2.21. The third-order valence-corrected chi connectivity index (χ3v) is 3.73. The Morgan fingerprint density at radius 1 is 1.12 bits per heavy atom. The number of hydrogen-bond donors (Lipinski definition) is 1. The maximum absolute atomic E-state index is 13.0. The van der Waals surface area contributed by atoms with Crippen molar-refractivity contribution >= 4 is 22.7 Å². The third-order valence-electron chi connectivity index (χ3n) is 3.73. The lowest BCUT2D eigenvalue weighted by atomic mass is 10.2. The predicted octanol–water partition coefficient (Wildman–Crippen LogP) is 3.07. The number of nitrogens with one attached hydrogen (secondary N) is 1. The van der Waals surface area contributed by atoms with Crippen LogP contribution in [0.25, 0.3) is 11.2 Å². The van der Waals surface area contributed by atoms with Crippen molar-refractivity contribution in [3.63, 3.8) is 0 Å². The number of benzene rings is 1. The summed E-state index contributed by atoms with van der Waals surface area (Å²) in [6.45, 7) is 0.393. The molecule has 0 saturated carbocycles. The normalized spacial score (nSPS) is 11.8. The van der Waals surface area contributed by atoms with Gasteiger partial charge in [0.2, 0.25) is 5.82 Å². The number of halogens is 3. The Morgan fingerprint density at radius 2 is 1.88 bits per heavy atom. The highest BCUT2D eigenvalue weighted by Gasteiger charge is 2.36. The fourth-order valence-corrected chi connectivity index (χ4v) is 2.50. The molecule has 0 aliphatic rings. The second-order valence-electron chi connectivity index (χ2n) is 5.89. The fraction of sp³-hybridized carbons (Fsp3) is 0.312. The summed E-state index contributed by atoms with van der Waals surface area (Å²) in [7, 11) is 5.54. The van der Waals surface area contributed by atoms with E-state index >= 15 is 0 Å². The number of aromatic amines is 1. The van der Waals surface area contributed by atoms with Gasteiger partial charge in [0.05, 0.1) is 6.33 Å². The van der Waals surface area contributed by atoms with E-state index in [4.69, 9.17) is 0 Å². The minimum absolute atomic E-state index is 0.00813. The summed E-state index contributed by atoms with van der Waals surface area (Å²) in [5.41, 5.74) is 2.33. The van der Waals surface area contributed by atoms with Gasteiger partial charge in [-0.15, -0.1) is 0 Å². The molecular formula is C16H17F3N6. The first-order valence-corrected chi connectivity index (χ1v) is 7.51. The van der Waals surface area contributed by atoms with Gasteiger partial charge in [0.15, 0.2) is 11.5 Å². The minimum Gasteiger partial charge on any atom is -0.378 e. The van der Waals surface area contributed by atoms with Crippen LogP contribution in [0.5, 0.6) is 0 Å². The van der Waals surface area contributed by atoms with E-state index in [0.29, 0.717) is 12.1 Å². The molecule has 1 aromatic carbocycles. The fourth-order valence-electron chi connectivity index (χ4n) is 2.50. The van der Waals surface area contributed by atoms with Crippen molar-refractivity contribution in [2.24, 2.45) is 0 Å². The van der Waals surface area contributed by atoms with Gasteiger partial charge in [0.1, 0.15) is 5.52 Å². The van der Waals surface area contributed by atoms with Gasteiger partial charge in [-0.05, 0) is 17.7 Å². The van der Waals surface area contributed by atoms with Crippen molar-refractivity contribution in [1.29, 1.82) is 0 Å². The van der Waals surface area contributed by atoms with E-state index in [9.17, 15) is 13.2 Å². The smallest absolute Gasteiger partial charge is 0.378 e. The van der Waals surface area contributed by atoms with E-state index in [0.717, 1.165) is 11.3 Å².